The van der Waals surface area contributed by atoms with E-state index < -0.39 is 4.92 Å². The number of thiophene rings is 1. The zero-order valence-corrected chi connectivity index (χ0v) is 19.1. The Hall–Kier alpha value is -2.27. The third-order valence-corrected chi connectivity index (χ3v) is 8.45. The van der Waals surface area contributed by atoms with E-state index in [1.54, 1.807) is 10.9 Å². The average molecular weight is 508 g/mol. The highest BCUT2D eigenvalue weighted by molar-refractivity contribution is 9.10. The van der Waals surface area contributed by atoms with E-state index in [4.69, 9.17) is 10.6 Å². The zero-order valence-electron chi connectivity index (χ0n) is 16.7. The van der Waals surface area contributed by atoms with E-state index in [1.165, 1.54) is 11.3 Å². The van der Waals surface area contributed by atoms with Crippen LogP contribution < -0.4 is 5.73 Å². The molecule has 0 spiro atoms. The summed E-state index contributed by atoms with van der Waals surface area (Å²) in [5.74, 6) is 0.609. The van der Waals surface area contributed by atoms with Gasteiger partial charge in [0.15, 0.2) is 5.84 Å². The predicted molar refractivity (Wildman–Crippen MR) is 117 cm³/mol. The quantitative estimate of drug-likeness (QED) is 0.205. The van der Waals surface area contributed by atoms with Crippen LogP contribution in [0.15, 0.2) is 33.3 Å². The molecule has 2 aromatic rings. The molecule has 0 saturated heterocycles. The standard InChI is InChI=1S/C20H22BrN5O4S/c21-14-10-25(23-18(14)26(28)29)20-7-12-4-13(8-20)6-19(5-12,11-20)9-16(27)30-24-17(22)15-2-1-3-31-15/h1-3,10,12-13H,4-9,11H2,(H2,22,24). The van der Waals surface area contributed by atoms with Gasteiger partial charge in [-0.2, -0.15) is 4.68 Å². The first kappa shape index (κ1) is 20.6. The Labute approximate surface area is 190 Å². The largest absolute Gasteiger partial charge is 0.404 e. The van der Waals surface area contributed by atoms with Crippen LogP contribution in [0.1, 0.15) is 49.8 Å². The summed E-state index contributed by atoms with van der Waals surface area (Å²) in [4.78, 5) is 29.4. The summed E-state index contributed by atoms with van der Waals surface area (Å²) in [5.41, 5.74) is 5.41. The lowest BCUT2D eigenvalue weighted by atomic mass is 9.46. The molecule has 31 heavy (non-hydrogen) atoms. The molecule has 0 amide bonds. The van der Waals surface area contributed by atoms with Crippen LogP contribution in [-0.2, 0) is 15.2 Å². The summed E-state index contributed by atoms with van der Waals surface area (Å²) in [6, 6.07) is 3.68. The molecule has 11 heteroatoms. The molecule has 2 N–H and O–H groups in total. The predicted octanol–water partition coefficient (Wildman–Crippen LogP) is 4.16. The third-order valence-electron chi connectivity index (χ3n) is 7.00. The molecule has 2 atom stereocenters. The van der Waals surface area contributed by atoms with Crippen LogP contribution in [0.4, 0.5) is 5.82 Å². The van der Waals surface area contributed by atoms with Crippen molar-refractivity contribution in [1.29, 1.82) is 0 Å². The van der Waals surface area contributed by atoms with Crippen molar-refractivity contribution in [2.45, 2.75) is 50.5 Å². The van der Waals surface area contributed by atoms with Crippen molar-refractivity contribution < 1.29 is 14.6 Å². The Morgan fingerprint density at radius 1 is 1.42 bits per heavy atom. The Morgan fingerprint density at radius 3 is 2.77 bits per heavy atom. The van der Waals surface area contributed by atoms with Crippen molar-refractivity contribution in [3.8, 4) is 0 Å². The number of oxime groups is 1. The number of aromatic nitrogens is 2. The highest BCUT2D eigenvalue weighted by Crippen LogP contribution is 2.65. The number of halogens is 1. The zero-order chi connectivity index (χ0) is 21.8. The van der Waals surface area contributed by atoms with Crippen molar-refractivity contribution in [1.82, 2.24) is 9.78 Å². The van der Waals surface area contributed by atoms with E-state index in [9.17, 15) is 14.9 Å². The Bertz CT molecular complexity index is 1050. The van der Waals surface area contributed by atoms with Gasteiger partial charge in [0.05, 0.1) is 28.1 Å². The number of amidine groups is 1. The maximum Gasteiger partial charge on any atom is 0.404 e. The lowest BCUT2D eigenvalue weighted by Gasteiger charge is -2.60. The number of hydrogen-bond donors (Lipinski definition) is 1. The van der Waals surface area contributed by atoms with Gasteiger partial charge in [-0.25, -0.2) is 4.79 Å². The molecular weight excluding hydrogens is 486 g/mol. The molecule has 4 fully saturated rings. The fraction of sp³-hybridized carbons (Fsp3) is 0.550. The van der Waals surface area contributed by atoms with Gasteiger partial charge in [0, 0.05) is 0 Å². The molecule has 4 saturated carbocycles. The number of hydrogen-bond acceptors (Lipinski definition) is 7. The SMILES string of the molecule is N/C(=N\OC(=O)CC12CC3CC(C1)CC(n1cc(Br)c([N+](=O)[O-])n1)(C3)C2)c1cccs1. The molecule has 4 aliphatic carbocycles. The summed E-state index contributed by atoms with van der Waals surface area (Å²) in [7, 11) is 0. The molecule has 0 radical (unpaired) electrons. The first-order valence-corrected chi connectivity index (χ1v) is 11.9. The summed E-state index contributed by atoms with van der Waals surface area (Å²) >= 11 is 4.71. The second kappa shape index (κ2) is 7.40. The van der Waals surface area contributed by atoms with Gasteiger partial charge in [-0.1, -0.05) is 11.2 Å². The van der Waals surface area contributed by atoms with E-state index in [0.717, 1.165) is 43.4 Å². The number of carbonyl (C=O) groups is 1. The molecule has 0 aliphatic heterocycles. The van der Waals surface area contributed by atoms with Crippen molar-refractivity contribution in [2.75, 3.05) is 0 Å². The molecule has 2 unspecified atom stereocenters. The van der Waals surface area contributed by atoms with Gasteiger partial charge >= 0.3 is 11.8 Å². The fourth-order valence-electron chi connectivity index (χ4n) is 6.50. The molecule has 4 bridgehead atoms. The molecule has 2 heterocycles. The summed E-state index contributed by atoms with van der Waals surface area (Å²) in [5, 5.41) is 21.3. The second-order valence-corrected chi connectivity index (χ2v) is 11.1. The summed E-state index contributed by atoms with van der Waals surface area (Å²) in [6.07, 6.45) is 7.72. The molecule has 6 rings (SSSR count). The highest BCUT2D eigenvalue weighted by Gasteiger charge is 2.60. The topological polar surface area (TPSA) is 126 Å². The Morgan fingerprint density at radius 2 is 2.16 bits per heavy atom. The van der Waals surface area contributed by atoms with Gasteiger partial charge in [0.1, 0.15) is 4.47 Å². The molecule has 164 valence electrons. The number of rotatable bonds is 6. The van der Waals surface area contributed by atoms with Crippen LogP contribution in [0.25, 0.3) is 0 Å². The average Bonchev–Trinajstić information content (AvgIpc) is 3.34. The van der Waals surface area contributed by atoms with Crippen LogP contribution in [-0.4, -0.2) is 26.5 Å². The number of nitrogens with zero attached hydrogens (tertiary/aromatic N) is 4. The summed E-state index contributed by atoms with van der Waals surface area (Å²) < 4.78 is 2.18. The minimum atomic E-state index is -0.468. The molecule has 2 aromatic heterocycles. The van der Waals surface area contributed by atoms with Crippen molar-refractivity contribution in [2.24, 2.45) is 28.1 Å². The minimum absolute atomic E-state index is 0.164. The summed E-state index contributed by atoms with van der Waals surface area (Å²) in [6.45, 7) is 0. The van der Waals surface area contributed by atoms with Crippen LogP contribution in [0.3, 0.4) is 0 Å². The monoisotopic (exact) mass is 507 g/mol. The molecule has 4 aliphatic rings. The van der Waals surface area contributed by atoms with Crippen molar-refractivity contribution in [3.63, 3.8) is 0 Å². The van der Waals surface area contributed by atoms with Gasteiger partial charge in [-0.15, -0.1) is 11.3 Å². The van der Waals surface area contributed by atoms with Crippen molar-refractivity contribution >= 4 is 44.9 Å². The molecule has 9 nitrogen and oxygen atoms in total. The van der Waals surface area contributed by atoms with Crippen molar-refractivity contribution in [3.05, 3.63) is 43.2 Å². The van der Waals surface area contributed by atoms with Gasteiger partial charge in [0.25, 0.3) is 0 Å². The molecular formula is C20H22BrN5O4S. The van der Waals surface area contributed by atoms with E-state index in [0.29, 0.717) is 16.3 Å². The van der Waals surface area contributed by atoms with Gasteiger partial charge in [-0.05, 0) is 88.1 Å². The normalized spacial score (nSPS) is 31.7. The lowest BCUT2D eigenvalue weighted by molar-refractivity contribution is -0.390. The fourth-order valence-corrected chi connectivity index (χ4v) is 7.53. The highest BCUT2D eigenvalue weighted by atomic mass is 79.9. The first-order chi connectivity index (χ1) is 14.8. The number of nitro groups is 1. The molecule has 0 aromatic carbocycles. The second-order valence-electron chi connectivity index (χ2n) is 9.28. The van der Waals surface area contributed by atoms with E-state index in [1.807, 2.05) is 17.5 Å². The van der Waals surface area contributed by atoms with Crippen LogP contribution >= 0.6 is 27.3 Å². The van der Waals surface area contributed by atoms with Gasteiger partial charge in [0.2, 0.25) is 0 Å². The smallest absolute Gasteiger partial charge is 0.380 e. The maximum absolute atomic E-state index is 12.7. The number of carbonyl (C=O) groups excluding carboxylic acids is 1. The van der Waals surface area contributed by atoms with E-state index in [2.05, 4.69) is 26.2 Å². The third kappa shape index (κ3) is 3.67. The van der Waals surface area contributed by atoms with Crippen LogP contribution in [0.2, 0.25) is 0 Å². The van der Waals surface area contributed by atoms with Gasteiger partial charge < -0.3 is 20.7 Å². The Balaban J connectivity index is 1.36. The minimum Gasteiger partial charge on any atom is -0.380 e. The van der Waals surface area contributed by atoms with Gasteiger partial charge in [-0.3, -0.25) is 0 Å². The maximum atomic E-state index is 12.7. The van der Waals surface area contributed by atoms with E-state index in [-0.39, 0.29) is 35.0 Å². The lowest BCUT2D eigenvalue weighted by Crippen LogP contribution is -2.57. The van der Waals surface area contributed by atoms with Crippen LogP contribution in [0.5, 0.6) is 0 Å². The first-order valence-electron chi connectivity index (χ1n) is 10.2. The Kier molecular flexibility index (Phi) is 4.93. The van der Waals surface area contributed by atoms with Crippen LogP contribution in [0, 0.1) is 27.4 Å². The van der Waals surface area contributed by atoms with E-state index >= 15 is 0 Å². The number of nitrogens with two attached hydrogens (primary N) is 1.